The monoisotopic (exact) mass is 254 g/mol. The molecule has 0 saturated heterocycles. The van der Waals surface area contributed by atoms with Gasteiger partial charge in [-0.2, -0.15) is 5.10 Å². The van der Waals surface area contributed by atoms with Crippen molar-refractivity contribution < 1.29 is 4.74 Å². The number of aromatic nitrogens is 3. The Bertz CT molecular complexity index is 703. The summed E-state index contributed by atoms with van der Waals surface area (Å²) < 4.78 is 7.10. The first-order valence-electron chi connectivity index (χ1n) is 6.10. The molecule has 0 aliphatic rings. The number of hydrogen-bond acceptors (Lipinski definition) is 4. The zero-order valence-electron chi connectivity index (χ0n) is 10.6. The summed E-state index contributed by atoms with van der Waals surface area (Å²) in [5, 5.41) is 4.45. The van der Waals surface area contributed by atoms with Crippen LogP contribution in [-0.4, -0.2) is 21.2 Å². The molecular formula is C14H14N4O. The predicted octanol–water partition coefficient (Wildman–Crippen LogP) is 2.38. The van der Waals surface area contributed by atoms with E-state index in [0.29, 0.717) is 12.3 Å². The smallest absolute Gasteiger partial charge is 0.155 e. The summed E-state index contributed by atoms with van der Waals surface area (Å²) >= 11 is 0. The molecule has 0 unspecified atom stereocenters. The van der Waals surface area contributed by atoms with Crippen LogP contribution in [0.3, 0.4) is 0 Å². The first-order chi connectivity index (χ1) is 9.26. The minimum absolute atomic E-state index is 0.592. The Morgan fingerprint density at radius 1 is 1.26 bits per heavy atom. The topological polar surface area (TPSA) is 65.4 Å². The Hall–Kier alpha value is -2.56. The summed E-state index contributed by atoms with van der Waals surface area (Å²) in [5.74, 6) is 0.859. The number of nitrogen functional groups attached to an aromatic ring is 1. The lowest BCUT2D eigenvalue weighted by atomic mass is 10.1. The Labute approximate surface area is 110 Å². The van der Waals surface area contributed by atoms with Gasteiger partial charge in [0.1, 0.15) is 5.75 Å². The fraction of sp³-hybridized carbons (Fsp3) is 0.143. The summed E-state index contributed by atoms with van der Waals surface area (Å²) in [6.45, 7) is 2.63. The SMILES string of the molecule is CCOc1ccc(-c2cc3ncc(N)cn3n2)cc1. The third kappa shape index (κ3) is 2.22. The first-order valence-corrected chi connectivity index (χ1v) is 6.10. The van der Waals surface area contributed by atoms with Crippen molar-refractivity contribution in [3.63, 3.8) is 0 Å². The maximum atomic E-state index is 5.69. The second kappa shape index (κ2) is 4.61. The highest BCUT2D eigenvalue weighted by molar-refractivity contribution is 5.65. The highest BCUT2D eigenvalue weighted by atomic mass is 16.5. The molecule has 2 N–H and O–H groups in total. The van der Waals surface area contributed by atoms with Gasteiger partial charge in [0, 0.05) is 11.6 Å². The first kappa shape index (κ1) is 11.5. The van der Waals surface area contributed by atoms with Gasteiger partial charge in [-0.25, -0.2) is 9.50 Å². The molecule has 2 heterocycles. The van der Waals surface area contributed by atoms with Crippen molar-refractivity contribution in [1.82, 2.24) is 14.6 Å². The minimum atomic E-state index is 0.592. The van der Waals surface area contributed by atoms with Crippen LogP contribution in [-0.2, 0) is 0 Å². The van der Waals surface area contributed by atoms with Gasteiger partial charge >= 0.3 is 0 Å². The number of rotatable bonds is 3. The molecule has 0 radical (unpaired) electrons. The summed E-state index contributed by atoms with van der Waals surface area (Å²) in [4.78, 5) is 4.22. The van der Waals surface area contributed by atoms with Crippen molar-refractivity contribution in [2.75, 3.05) is 12.3 Å². The van der Waals surface area contributed by atoms with Gasteiger partial charge in [-0.05, 0) is 31.2 Å². The summed E-state index contributed by atoms with van der Waals surface area (Å²) in [6.07, 6.45) is 3.37. The summed E-state index contributed by atoms with van der Waals surface area (Å²) in [7, 11) is 0. The van der Waals surface area contributed by atoms with Crippen molar-refractivity contribution >= 4 is 11.3 Å². The van der Waals surface area contributed by atoms with Gasteiger partial charge in [-0.3, -0.25) is 0 Å². The quantitative estimate of drug-likeness (QED) is 0.779. The van der Waals surface area contributed by atoms with E-state index in [9.17, 15) is 0 Å². The predicted molar refractivity (Wildman–Crippen MR) is 74.0 cm³/mol. The van der Waals surface area contributed by atoms with Crippen LogP contribution in [0.15, 0.2) is 42.7 Å². The van der Waals surface area contributed by atoms with Gasteiger partial charge in [-0.15, -0.1) is 0 Å². The Kier molecular flexibility index (Phi) is 2.79. The molecule has 0 aliphatic carbocycles. The van der Waals surface area contributed by atoms with E-state index in [-0.39, 0.29) is 0 Å². The summed E-state index contributed by atoms with van der Waals surface area (Å²) in [5.41, 5.74) is 8.94. The van der Waals surface area contributed by atoms with Gasteiger partial charge in [0.2, 0.25) is 0 Å². The zero-order valence-corrected chi connectivity index (χ0v) is 10.6. The lowest BCUT2D eigenvalue weighted by Crippen LogP contribution is -1.94. The second-order valence-electron chi connectivity index (χ2n) is 4.18. The van der Waals surface area contributed by atoms with Gasteiger partial charge in [0.05, 0.1) is 30.4 Å². The zero-order chi connectivity index (χ0) is 13.2. The van der Waals surface area contributed by atoms with Crippen molar-refractivity contribution in [1.29, 1.82) is 0 Å². The van der Waals surface area contributed by atoms with Crippen LogP contribution in [0.1, 0.15) is 6.92 Å². The van der Waals surface area contributed by atoms with E-state index in [2.05, 4.69) is 10.1 Å². The van der Waals surface area contributed by atoms with E-state index in [4.69, 9.17) is 10.5 Å². The maximum absolute atomic E-state index is 5.69. The highest BCUT2D eigenvalue weighted by Crippen LogP contribution is 2.22. The van der Waals surface area contributed by atoms with E-state index in [0.717, 1.165) is 22.7 Å². The van der Waals surface area contributed by atoms with Crippen LogP contribution in [0, 0.1) is 0 Å². The third-order valence-corrected chi connectivity index (χ3v) is 2.79. The van der Waals surface area contributed by atoms with Gasteiger partial charge in [-0.1, -0.05) is 0 Å². The lowest BCUT2D eigenvalue weighted by Gasteiger charge is -2.02. The molecule has 0 bridgehead atoms. The van der Waals surface area contributed by atoms with Crippen LogP contribution in [0.25, 0.3) is 16.9 Å². The van der Waals surface area contributed by atoms with E-state index >= 15 is 0 Å². The molecule has 0 aliphatic heterocycles. The van der Waals surface area contributed by atoms with Crippen LogP contribution in [0.4, 0.5) is 5.69 Å². The molecule has 0 saturated carbocycles. The fourth-order valence-electron chi connectivity index (χ4n) is 1.92. The molecule has 96 valence electrons. The second-order valence-corrected chi connectivity index (χ2v) is 4.18. The fourth-order valence-corrected chi connectivity index (χ4v) is 1.92. The number of hydrogen-bond donors (Lipinski definition) is 1. The Morgan fingerprint density at radius 3 is 2.79 bits per heavy atom. The molecular weight excluding hydrogens is 240 g/mol. The normalized spacial score (nSPS) is 10.8. The van der Waals surface area contributed by atoms with E-state index < -0.39 is 0 Å². The minimum Gasteiger partial charge on any atom is -0.494 e. The molecule has 1 aromatic carbocycles. The van der Waals surface area contributed by atoms with Gasteiger partial charge < -0.3 is 10.5 Å². The van der Waals surface area contributed by atoms with E-state index in [1.165, 1.54) is 0 Å². The average Bonchev–Trinajstić information content (AvgIpc) is 2.83. The van der Waals surface area contributed by atoms with Crippen molar-refractivity contribution in [2.24, 2.45) is 0 Å². The molecule has 0 spiro atoms. The van der Waals surface area contributed by atoms with Crippen LogP contribution >= 0.6 is 0 Å². The largest absolute Gasteiger partial charge is 0.494 e. The molecule has 0 amide bonds. The molecule has 5 heteroatoms. The van der Waals surface area contributed by atoms with Gasteiger partial charge in [0.25, 0.3) is 0 Å². The number of anilines is 1. The average molecular weight is 254 g/mol. The molecule has 0 atom stereocenters. The Morgan fingerprint density at radius 2 is 2.05 bits per heavy atom. The number of nitrogens with zero attached hydrogens (tertiary/aromatic N) is 3. The standard InChI is InChI=1S/C14H14N4O/c1-2-19-12-5-3-10(4-6-12)13-7-14-16-8-11(15)9-18(14)17-13/h3-9H,2,15H2,1H3. The van der Waals surface area contributed by atoms with Crippen LogP contribution in [0.2, 0.25) is 0 Å². The third-order valence-electron chi connectivity index (χ3n) is 2.79. The number of ether oxygens (including phenoxy) is 1. The van der Waals surface area contributed by atoms with E-state index in [1.54, 1.807) is 16.9 Å². The number of benzene rings is 1. The lowest BCUT2D eigenvalue weighted by molar-refractivity contribution is 0.340. The van der Waals surface area contributed by atoms with Crippen molar-refractivity contribution in [3.8, 4) is 17.0 Å². The van der Waals surface area contributed by atoms with E-state index in [1.807, 2.05) is 37.3 Å². The molecule has 3 aromatic rings. The molecule has 0 fully saturated rings. The van der Waals surface area contributed by atoms with Crippen molar-refractivity contribution in [2.45, 2.75) is 6.92 Å². The Balaban J connectivity index is 1.99. The highest BCUT2D eigenvalue weighted by Gasteiger charge is 2.05. The molecule has 5 nitrogen and oxygen atoms in total. The summed E-state index contributed by atoms with van der Waals surface area (Å²) in [6, 6.07) is 9.76. The maximum Gasteiger partial charge on any atom is 0.155 e. The molecule has 2 aromatic heterocycles. The molecule has 19 heavy (non-hydrogen) atoms. The van der Waals surface area contributed by atoms with Crippen molar-refractivity contribution in [3.05, 3.63) is 42.7 Å². The van der Waals surface area contributed by atoms with Crippen LogP contribution < -0.4 is 10.5 Å². The number of fused-ring (bicyclic) bond motifs is 1. The molecule has 3 rings (SSSR count). The van der Waals surface area contributed by atoms with Crippen LogP contribution in [0.5, 0.6) is 5.75 Å². The number of nitrogens with two attached hydrogens (primary N) is 1. The van der Waals surface area contributed by atoms with Gasteiger partial charge in [0.15, 0.2) is 5.65 Å².